The number of halogens is 1. The standard InChI is InChI=1S/C15H19ClN4O/c1-2-14-18-7-9-20(14)8-3-4-15(21)19-11-5-6-12(16)13(17)10-11/h5-7,9-10H,2-4,8,17H2,1H3,(H,19,21). The second-order valence-electron chi connectivity index (χ2n) is 4.78. The summed E-state index contributed by atoms with van der Waals surface area (Å²) in [6, 6.07) is 5.07. The minimum atomic E-state index is -0.0325. The number of aromatic nitrogens is 2. The van der Waals surface area contributed by atoms with Gasteiger partial charge in [0.05, 0.1) is 10.7 Å². The second-order valence-corrected chi connectivity index (χ2v) is 5.19. The van der Waals surface area contributed by atoms with Gasteiger partial charge in [-0.2, -0.15) is 0 Å². The third-order valence-electron chi connectivity index (χ3n) is 3.20. The fraction of sp³-hybridized carbons (Fsp3) is 0.333. The Balaban J connectivity index is 1.81. The molecule has 0 bridgehead atoms. The highest BCUT2D eigenvalue weighted by Crippen LogP contribution is 2.22. The van der Waals surface area contributed by atoms with Crippen LogP contribution in [-0.4, -0.2) is 15.5 Å². The number of rotatable bonds is 6. The Hall–Kier alpha value is -2.01. The monoisotopic (exact) mass is 306 g/mol. The summed E-state index contributed by atoms with van der Waals surface area (Å²) in [5.41, 5.74) is 6.82. The zero-order chi connectivity index (χ0) is 15.2. The van der Waals surface area contributed by atoms with Crippen LogP contribution in [0.5, 0.6) is 0 Å². The smallest absolute Gasteiger partial charge is 0.224 e. The summed E-state index contributed by atoms with van der Waals surface area (Å²) in [6.07, 6.45) is 5.83. The molecule has 0 saturated heterocycles. The highest BCUT2D eigenvalue weighted by molar-refractivity contribution is 6.33. The van der Waals surface area contributed by atoms with E-state index in [1.54, 1.807) is 24.4 Å². The van der Waals surface area contributed by atoms with E-state index in [2.05, 4.69) is 21.8 Å². The molecule has 5 nitrogen and oxygen atoms in total. The quantitative estimate of drug-likeness (QED) is 0.805. The van der Waals surface area contributed by atoms with Gasteiger partial charge < -0.3 is 15.6 Å². The van der Waals surface area contributed by atoms with Crippen LogP contribution in [0.2, 0.25) is 5.02 Å². The molecule has 1 amide bonds. The molecular formula is C15H19ClN4O. The van der Waals surface area contributed by atoms with Gasteiger partial charge in [-0.3, -0.25) is 4.79 Å². The predicted octanol–water partition coefficient (Wildman–Crippen LogP) is 3.10. The van der Waals surface area contributed by atoms with Crippen molar-refractivity contribution in [2.24, 2.45) is 0 Å². The SMILES string of the molecule is CCc1nccn1CCCC(=O)Nc1ccc(Cl)c(N)c1. The van der Waals surface area contributed by atoms with Gasteiger partial charge in [-0.1, -0.05) is 18.5 Å². The van der Waals surface area contributed by atoms with Crippen LogP contribution in [0.3, 0.4) is 0 Å². The van der Waals surface area contributed by atoms with Gasteiger partial charge in [-0.05, 0) is 24.6 Å². The van der Waals surface area contributed by atoms with Crippen molar-refractivity contribution in [2.45, 2.75) is 32.7 Å². The fourth-order valence-electron chi connectivity index (χ4n) is 2.11. The van der Waals surface area contributed by atoms with Gasteiger partial charge in [-0.25, -0.2) is 4.98 Å². The van der Waals surface area contributed by atoms with Crippen LogP contribution in [0.4, 0.5) is 11.4 Å². The number of carbonyl (C=O) groups excluding carboxylic acids is 1. The summed E-state index contributed by atoms with van der Waals surface area (Å²) in [4.78, 5) is 16.1. The van der Waals surface area contributed by atoms with Crippen LogP contribution in [0, 0.1) is 0 Å². The molecule has 0 spiro atoms. The number of nitrogens with zero attached hydrogens (tertiary/aromatic N) is 2. The Labute approximate surface area is 129 Å². The number of hydrogen-bond acceptors (Lipinski definition) is 3. The predicted molar refractivity (Wildman–Crippen MR) is 85.3 cm³/mol. The van der Waals surface area contributed by atoms with E-state index in [-0.39, 0.29) is 5.91 Å². The van der Waals surface area contributed by atoms with E-state index in [4.69, 9.17) is 17.3 Å². The normalized spacial score (nSPS) is 10.6. The molecule has 21 heavy (non-hydrogen) atoms. The lowest BCUT2D eigenvalue weighted by Gasteiger charge is -2.08. The molecule has 1 aromatic heterocycles. The Kier molecular flexibility index (Phi) is 5.22. The van der Waals surface area contributed by atoms with Crippen molar-refractivity contribution in [3.05, 3.63) is 41.4 Å². The summed E-state index contributed by atoms with van der Waals surface area (Å²) < 4.78 is 2.08. The van der Waals surface area contributed by atoms with E-state index < -0.39 is 0 Å². The van der Waals surface area contributed by atoms with Gasteiger partial charge in [0.25, 0.3) is 0 Å². The van der Waals surface area contributed by atoms with Gasteiger partial charge >= 0.3 is 0 Å². The van der Waals surface area contributed by atoms with Crippen LogP contribution >= 0.6 is 11.6 Å². The molecule has 3 N–H and O–H groups in total. The van der Waals surface area contributed by atoms with Crippen molar-refractivity contribution in [1.82, 2.24) is 9.55 Å². The lowest BCUT2D eigenvalue weighted by atomic mass is 10.2. The van der Waals surface area contributed by atoms with E-state index in [1.165, 1.54) is 0 Å². The molecular weight excluding hydrogens is 288 g/mol. The number of hydrogen-bond donors (Lipinski definition) is 2. The first kappa shape index (κ1) is 15.4. The minimum Gasteiger partial charge on any atom is -0.397 e. The van der Waals surface area contributed by atoms with E-state index in [0.717, 1.165) is 25.2 Å². The number of imidazole rings is 1. The second kappa shape index (κ2) is 7.13. The number of nitrogens with one attached hydrogen (secondary N) is 1. The van der Waals surface area contributed by atoms with Crippen LogP contribution in [-0.2, 0) is 17.8 Å². The molecule has 0 aliphatic heterocycles. The topological polar surface area (TPSA) is 72.9 Å². The van der Waals surface area contributed by atoms with Crippen molar-refractivity contribution in [1.29, 1.82) is 0 Å². The first-order chi connectivity index (χ1) is 10.1. The van der Waals surface area contributed by atoms with Gasteiger partial charge in [0.1, 0.15) is 5.82 Å². The van der Waals surface area contributed by atoms with Crippen molar-refractivity contribution in [3.8, 4) is 0 Å². The van der Waals surface area contributed by atoms with Crippen molar-refractivity contribution < 1.29 is 4.79 Å². The minimum absolute atomic E-state index is 0.0325. The van der Waals surface area contributed by atoms with Crippen molar-refractivity contribution in [2.75, 3.05) is 11.1 Å². The number of nitrogens with two attached hydrogens (primary N) is 1. The van der Waals surface area contributed by atoms with Crippen LogP contribution < -0.4 is 11.1 Å². The van der Waals surface area contributed by atoms with Crippen molar-refractivity contribution >= 4 is 28.9 Å². The van der Waals surface area contributed by atoms with E-state index in [1.807, 2.05) is 6.20 Å². The molecule has 0 fully saturated rings. The highest BCUT2D eigenvalue weighted by Gasteiger charge is 2.05. The first-order valence-electron chi connectivity index (χ1n) is 6.95. The molecule has 0 saturated carbocycles. The van der Waals surface area contributed by atoms with Crippen LogP contribution in [0.1, 0.15) is 25.6 Å². The first-order valence-corrected chi connectivity index (χ1v) is 7.33. The summed E-state index contributed by atoms with van der Waals surface area (Å²) in [6.45, 7) is 2.86. The van der Waals surface area contributed by atoms with Crippen LogP contribution in [0.15, 0.2) is 30.6 Å². The van der Waals surface area contributed by atoms with E-state index in [0.29, 0.717) is 22.8 Å². The average molecular weight is 307 g/mol. The average Bonchev–Trinajstić information content (AvgIpc) is 2.90. The molecule has 1 heterocycles. The molecule has 2 rings (SSSR count). The van der Waals surface area contributed by atoms with E-state index >= 15 is 0 Å². The summed E-state index contributed by atoms with van der Waals surface area (Å²) in [5.74, 6) is 1.01. The largest absolute Gasteiger partial charge is 0.397 e. The highest BCUT2D eigenvalue weighted by atomic mass is 35.5. The van der Waals surface area contributed by atoms with Gasteiger partial charge in [-0.15, -0.1) is 0 Å². The molecule has 0 unspecified atom stereocenters. The Morgan fingerprint density at radius 3 is 3.00 bits per heavy atom. The Morgan fingerprint density at radius 1 is 1.48 bits per heavy atom. The fourth-order valence-corrected chi connectivity index (χ4v) is 2.23. The maximum Gasteiger partial charge on any atom is 0.224 e. The van der Waals surface area contributed by atoms with Crippen molar-refractivity contribution in [3.63, 3.8) is 0 Å². The van der Waals surface area contributed by atoms with Gasteiger partial charge in [0, 0.05) is 37.5 Å². The maximum atomic E-state index is 11.9. The summed E-state index contributed by atoms with van der Waals surface area (Å²) in [7, 11) is 0. The maximum absolute atomic E-state index is 11.9. The van der Waals surface area contributed by atoms with Gasteiger partial charge in [0.15, 0.2) is 0 Å². The Bertz CT molecular complexity index is 624. The molecule has 2 aromatic rings. The molecule has 0 atom stereocenters. The third-order valence-corrected chi connectivity index (χ3v) is 3.54. The number of nitrogen functional groups attached to an aromatic ring is 1. The Morgan fingerprint density at radius 2 is 2.29 bits per heavy atom. The summed E-state index contributed by atoms with van der Waals surface area (Å²) in [5, 5.41) is 3.30. The lowest BCUT2D eigenvalue weighted by molar-refractivity contribution is -0.116. The number of aryl methyl sites for hydroxylation is 2. The zero-order valence-corrected chi connectivity index (χ0v) is 12.7. The van der Waals surface area contributed by atoms with Gasteiger partial charge in [0.2, 0.25) is 5.91 Å². The van der Waals surface area contributed by atoms with Crippen LogP contribution in [0.25, 0.3) is 0 Å². The summed E-state index contributed by atoms with van der Waals surface area (Å²) >= 11 is 5.84. The van der Waals surface area contributed by atoms with E-state index in [9.17, 15) is 4.79 Å². The molecule has 1 aromatic carbocycles. The molecule has 112 valence electrons. The number of anilines is 2. The number of amides is 1. The zero-order valence-electron chi connectivity index (χ0n) is 12.0. The number of carbonyl (C=O) groups is 1. The molecule has 6 heteroatoms. The number of benzene rings is 1. The molecule has 0 aliphatic rings. The molecule has 0 radical (unpaired) electrons. The lowest BCUT2D eigenvalue weighted by Crippen LogP contribution is -2.13. The molecule has 0 aliphatic carbocycles. The third kappa shape index (κ3) is 4.23.